The Balaban J connectivity index is 0.956. The zero-order chi connectivity index (χ0) is 41.0. The normalized spacial score (nSPS) is 21.6. The van der Waals surface area contributed by atoms with Gasteiger partial charge in [0.2, 0.25) is 5.91 Å². The molecule has 0 bridgehead atoms. The molecule has 1 saturated carbocycles. The molecule has 2 unspecified atom stereocenters. The van der Waals surface area contributed by atoms with E-state index in [0.717, 1.165) is 58.4 Å². The quantitative estimate of drug-likeness (QED) is 0.124. The molecule has 2 aliphatic heterocycles. The number of nitriles is 1. The van der Waals surface area contributed by atoms with Crippen LogP contribution in [0.15, 0.2) is 59.7 Å². The van der Waals surface area contributed by atoms with Crippen molar-refractivity contribution in [1.82, 2.24) is 24.1 Å². The average Bonchev–Trinajstić information content (AvgIpc) is 3.65. The van der Waals surface area contributed by atoms with E-state index in [2.05, 4.69) is 36.2 Å². The van der Waals surface area contributed by atoms with Crippen molar-refractivity contribution < 1.29 is 23.0 Å². The van der Waals surface area contributed by atoms with Crippen molar-refractivity contribution in [2.75, 3.05) is 68.4 Å². The molecule has 3 fully saturated rings. The van der Waals surface area contributed by atoms with Crippen LogP contribution in [0.3, 0.4) is 0 Å². The second kappa shape index (κ2) is 17.9. The maximum atomic E-state index is 15.3. The van der Waals surface area contributed by atoms with Crippen LogP contribution >= 0.6 is 12.1 Å². The number of amides is 1. The number of benzene rings is 3. The summed E-state index contributed by atoms with van der Waals surface area (Å²) in [7, 11) is 3.48. The molecule has 58 heavy (non-hydrogen) atoms. The number of likely N-dealkylation sites (N-methyl/N-ethyl adjacent to an activating group) is 1. The number of ether oxygens (including phenoxy) is 2. The van der Waals surface area contributed by atoms with Gasteiger partial charge in [0.05, 0.1) is 46.9 Å². The Bertz CT molecular complexity index is 2220. The first-order valence-electron chi connectivity index (χ1n) is 20.0. The Morgan fingerprint density at radius 3 is 2.55 bits per heavy atom. The van der Waals surface area contributed by atoms with Crippen LogP contribution in [0.1, 0.15) is 64.0 Å². The molecule has 308 valence electrons. The molecule has 13 nitrogen and oxygen atoms in total. The topological polar surface area (TPSA) is 140 Å². The number of carbonyl (C=O) groups is 1. The number of hydrogen-bond acceptors (Lipinski definition) is 12. The van der Waals surface area contributed by atoms with Crippen LogP contribution in [0.25, 0.3) is 10.9 Å². The first-order valence-corrected chi connectivity index (χ1v) is 20.8. The summed E-state index contributed by atoms with van der Waals surface area (Å²) in [6.45, 7) is 8.17. The van der Waals surface area contributed by atoms with Crippen LogP contribution < -0.4 is 30.6 Å². The van der Waals surface area contributed by atoms with Crippen LogP contribution in [-0.4, -0.2) is 95.8 Å². The summed E-state index contributed by atoms with van der Waals surface area (Å²) in [5, 5.41) is 16.0. The van der Waals surface area contributed by atoms with E-state index in [-0.39, 0.29) is 46.0 Å². The number of piperazine rings is 1. The van der Waals surface area contributed by atoms with Gasteiger partial charge < -0.3 is 29.7 Å². The summed E-state index contributed by atoms with van der Waals surface area (Å²) >= 11 is 1.28. The molecule has 1 amide bonds. The Kier molecular flexibility index (Phi) is 12.7. The van der Waals surface area contributed by atoms with Gasteiger partial charge in [-0.1, -0.05) is 13.8 Å². The fourth-order valence-corrected chi connectivity index (χ4v) is 8.91. The number of anilines is 3. The predicted molar refractivity (Wildman–Crippen MR) is 223 cm³/mol. The lowest BCUT2D eigenvalue weighted by Crippen LogP contribution is -2.52. The lowest BCUT2D eigenvalue weighted by Gasteiger charge is -2.45. The highest BCUT2D eigenvalue weighted by atomic mass is 32.2. The predicted octanol–water partition coefficient (Wildman–Crippen LogP) is 6.67. The van der Waals surface area contributed by atoms with Gasteiger partial charge in [-0.15, -0.1) is 0 Å². The third kappa shape index (κ3) is 8.73. The number of nitrogens with one attached hydrogen (secondary N) is 3. The van der Waals surface area contributed by atoms with Crippen molar-refractivity contribution in [2.24, 2.45) is 0 Å². The fraction of sp³-hybridized carbons (Fsp3) is 0.476. The number of fused-ring (bicyclic) bond motifs is 1. The van der Waals surface area contributed by atoms with Gasteiger partial charge in [0.1, 0.15) is 29.2 Å². The van der Waals surface area contributed by atoms with E-state index in [1.165, 1.54) is 30.3 Å². The van der Waals surface area contributed by atoms with Crippen molar-refractivity contribution in [1.29, 1.82) is 5.26 Å². The summed E-state index contributed by atoms with van der Waals surface area (Å²) < 4.78 is 49.4. The van der Waals surface area contributed by atoms with Crippen molar-refractivity contribution in [3.05, 3.63) is 82.4 Å². The van der Waals surface area contributed by atoms with Gasteiger partial charge in [0.15, 0.2) is 11.6 Å². The molecule has 0 radical (unpaired) electrons. The first-order chi connectivity index (χ1) is 28.0. The summed E-state index contributed by atoms with van der Waals surface area (Å²) in [5.74, 6) is -1.14. The zero-order valence-corrected chi connectivity index (χ0v) is 34.2. The molecule has 3 aromatic carbocycles. The summed E-state index contributed by atoms with van der Waals surface area (Å²) in [6.07, 6.45) is 6.58. The lowest BCUT2D eigenvalue weighted by atomic mass is 9.79. The summed E-state index contributed by atoms with van der Waals surface area (Å²) in [6, 6.07) is 14.5. The molecule has 1 aliphatic carbocycles. The zero-order valence-electron chi connectivity index (χ0n) is 33.4. The third-order valence-corrected chi connectivity index (χ3v) is 12.7. The second-order valence-corrected chi connectivity index (χ2v) is 16.3. The summed E-state index contributed by atoms with van der Waals surface area (Å²) in [4.78, 5) is 35.2. The molecule has 7 rings (SSSR count). The van der Waals surface area contributed by atoms with Gasteiger partial charge in [-0.25, -0.2) is 18.1 Å². The molecule has 16 heteroatoms. The smallest absolute Gasteiger partial charge is 0.261 e. The number of aromatic nitrogens is 2. The van der Waals surface area contributed by atoms with Crippen LogP contribution in [0.5, 0.6) is 11.5 Å². The van der Waals surface area contributed by atoms with Gasteiger partial charge in [-0.05, 0) is 94.1 Å². The second-order valence-electron chi connectivity index (χ2n) is 15.3. The average molecular weight is 816 g/mol. The molecule has 4 aromatic rings. The van der Waals surface area contributed by atoms with Crippen molar-refractivity contribution in [3.8, 4) is 17.6 Å². The van der Waals surface area contributed by atoms with Crippen molar-refractivity contribution in [3.63, 3.8) is 0 Å². The molecular weight excluding hydrogens is 765 g/mol. The van der Waals surface area contributed by atoms with E-state index in [1.54, 1.807) is 42.2 Å². The molecule has 1 spiro atoms. The van der Waals surface area contributed by atoms with Crippen LogP contribution in [0.4, 0.5) is 25.8 Å². The van der Waals surface area contributed by atoms with Crippen molar-refractivity contribution >= 4 is 46.0 Å². The monoisotopic (exact) mass is 815 g/mol. The van der Waals surface area contributed by atoms with E-state index in [4.69, 9.17) is 9.47 Å². The Labute approximate surface area is 341 Å². The number of carbonyl (C=O) groups excluding carboxylic acids is 1. The molecule has 3 N–H and O–H groups in total. The van der Waals surface area contributed by atoms with E-state index in [0.29, 0.717) is 53.5 Å². The van der Waals surface area contributed by atoms with E-state index < -0.39 is 11.9 Å². The molecule has 3 aliphatic rings. The number of halogens is 2. The van der Waals surface area contributed by atoms with Crippen molar-refractivity contribution in [2.45, 2.75) is 76.1 Å². The minimum Gasteiger partial charge on any atom is -0.453 e. The molecular formula is C42H51F2N9O4S. The highest BCUT2D eigenvalue weighted by Crippen LogP contribution is 2.44. The van der Waals surface area contributed by atoms with E-state index >= 15 is 8.78 Å². The Morgan fingerprint density at radius 2 is 1.86 bits per heavy atom. The van der Waals surface area contributed by atoms with Gasteiger partial charge in [-0.2, -0.15) is 5.26 Å². The van der Waals surface area contributed by atoms with Gasteiger partial charge >= 0.3 is 0 Å². The molecule has 2 atom stereocenters. The Hall–Kier alpha value is -4.95. The number of nitrogens with zero attached hydrogens (tertiary/aromatic N) is 6. The number of hydrogen-bond donors (Lipinski definition) is 3. The molecule has 2 saturated heterocycles. The summed E-state index contributed by atoms with van der Waals surface area (Å²) in [5.41, 5.74) is 1.52. The SMILES string of the molecule is CCC(Nc1ccc(N2CCN(C3CCC4(CC3)CC(n3cnc5ccc(Oc6c(F)ccc(NSN(C)CC)c6C#N)cc5c3=O)CO4)CC2)c(F)c1)C(=O)NC. The maximum Gasteiger partial charge on any atom is 0.261 e. The van der Waals surface area contributed by atoms with Crippen LogP contribution in [0.2, 0.25) is 0 Å². The lowest BCUT2D eigenvalue weighted by molar-refractivity contribution is -0.121. The fourth-order valence-electron chi connectivity index (χ4n) is 8.35. The molecule has 3 heterocycles. The van der Waals surface area contributed by atoms with Gasteiger partial charge in [0.25, 0.3) is 5.56 Å². The molecule has 1 aromatic heterocycles. The highest BCUT2D eigenvalue weighted by Gasteiger charge is 2.45. The third-order valence-electron chi connectivity index (χ3n) is 11.8. The van der Waals surface area contributed by atoms with Gasteiger partial charge in [0, 0.05) is 63.6 Å². The standard InChI is InChI=1S/C42H51F2N9O4S/c1-5-35(40(54)46-3)48-27-7-12-38(34(44)21-27)52-19-17-51(18-20-52)28-13-15-42(16-14-28)23-29(25-56-42)53-26-47-36-10-8-30(22-31(36)41(53)55)57-39-32(24-45)37(11-9-33(39)43)49-58-50(4)6-2/h7-12,21-22,26,28-29,35,48-49H,5-6,13-20,23,25H2,1-4H3,(H,46,54). The van der Waals surface area contributed by atoms with E-state index in [1.807, 2.05) is 31.3 Å². The number of rotatable bonds is 13. The Morgan fingerprint density at radius 1 is 1.09 bits per heavy atom. The minimum absolute atomic E-state index is 0.0164. The maximum absolute atomic E-state index is 15.3. The van der Waals surface area contributed by atoms with Gasteiger partial charge in [-0.3, -0.25) is 19.1 Å². The first kappa shape index (κ1) is 41.2. The van der Waals surface area contributed by atoms with E-state index in [9.17, 15) is 14.9 Å². The van der Waals surface area contributed by atoms with Crippen LogP contribution in [0, 0.1) is 23.0 Å². The minimum atomic E-state index is -0.693. The largest absolute Gasteiger partial charge is 0.453 e. The van der Waals surface area contributed by atoms with Crippen LogP contribution in [-0.2, 0) is 9.53 Å². The highest BCUT2D eigenvalue weighted by molar-refractivity contribution is 7.98.